The van der Waals surface area contributed by atoms with Crippen LogP contribution in [-0.2, 0) is 6.61 Å². The summed E-state index contributed by atoms with van der Waals surface area (Å²) in [5.74, 6) is 0.179. The van der Waals surface area contributed by atoms with Crippen LogP contribution in [0.15, 0.2) is 42.5 Å². The molecule has 0 aliphatic heterocycles. The SMILES string of the molecule is OCc1ccccc1-c1cc[c]cc1O. The Bertz CT molecular complexity index is 464. The van der Waals surface area contributed by atoms with Gasteiger partial charge in [0.1, 0.15) is 5.75 Å². The molecule has 0 aliphatic rings. The van der Waals surface area contributed by atoms with Crippen LogP contribution in [0.5, 0.6) is 5.75 Å². The van der Waals surface area contributed by atoms with E-state index in [-0.39, 0.29) is 12.4 Å². The second-order valence-electron chi connectivity index (χ2n) is 3.26. The lowest BCUT2D eigenvalue weighted by atomic mass is 9.99. The van der Waals surface area contributed by atoms with E-state index in [9.17, 15) is 10.2 Å². The van der Waals surface area contributed by atoms with Crippen LogP contribution in [0.25, 0.3) is 11.1 Å². The number of aliphatic hydroxyl groups is 1. The zero-order valence-corrected chi connectivity index (χ0v) is 8.14. The first kappa shape index (κ1) is 9.74. The van der Waals surface area contributed by atoms with Crippen molar-refractivity contribution >= 4 is 0 Å². The normalized spacial score (nSPS) is 10.2. The highest BCUT2D eigenvalue weighted by atomic mass is 16.3. The van der Waals surface area contributed by atoms with Gasteiger partial charge in [0.15, 0.2) is 0 Å². The second kappa shape index (κ2) is 4.15. The van der Waals surface area contributed by atoms with Gasteiger partial charge in [0.05, 0.1) is 6.61 Å². The van der Waals surface area contributed by atoms with Crippen molar-refractivity contribution in [3.05, 3.63) is 54.1 Å². The van der Waals surface area contributed by atoms with E-state index in [1.807, 2.05) is 24.3 Å². The molecule has 15 heavy (non-hydrogen) atoms. The molecule has 0 saturated carbocycles. The van der Waals surface area contributed by atoms with Crippen LogP contribution in [0.2, 0.25) is 0 Å². The van der Waals surface area contributed by atoms with Gasteiger partial charge in [-0.2, -0.15) is 0 Å². The zero-order valence-electron chi connectivity index (χ0n) is 8.14. The molecule has 0 saturated heterocycles. The molecule has 2 aromatic rings. The number of phenolic OH excluding ortho intramolecular Hbond substituents is 1. The summed E-state index contributed by atoms with van der Waals surface area (Å²) in [6, 6.07) is 15.3. The van der Waals surface area contributed by atoms with E-state index >= 15 is 0 Å². The molecule has 2 aromatic carbocycles. The van der Waals surface area contributed by atoms with E-state index in [1.54, 1.807) is 12.1 Å². The molecular weight excluding hydrogens is 188 g/mol. The summed E-state index contributed by atoms with van der Waals surface area (Å²) >= 11 is 0. The lowest BCUT2D eigenvalue weighted by Gasteiger charge is -2.08. The van der Waals surface area contributed by atoms with E-state index in [2.05, 4.69) is 6.07 Å². The zero-order chi connectivity index (χ0) is 10.7. The molecule has 0 aliphatic carbocycles. The lowest BCUT2D eigenvalue weighted by Crippen LogP contribution is -1.88. The van der Waals surface area contributed by atoms with Gasteiger partial charge in [0.2, 0.25) is 0 Å². The molecule has 2 N–H and O–H groups in total. The maximum atomic E-state index is 9.67. The fraction of sp³-hybridized carbons (Fsp3) is 0.0769. The molecule has 75 valence electrons. The molecule has 0 atom stereocenters. The van der Waals surface area contributed by atoms with Gasteiger partial charge in [0, 0.05) is 5.56 Å². The summed E-state index contributed by atoms with van der Waals surface area (Å²) in [6.45, 7) is -0.0335. The summed E-state index contributed by atoms with van der Waals surface area (Å²) < 4.78 is 0. The van der Waals surface area contributed by atoms with Crippen molar-refractivity contribution in [2.45, 2.75) is 6.61 Å². The van der Waals surface area contributed by atoms with Gasteiger partial charge in [-0.15, -0.1) is 0 Å². The van der Waals surface area contributed by atoms with E-state index < -0.39 is 0 Å². The Balaban J connectivity index is 2.59. The summed E-state index contributed by atoms with van der Waals surface area (Å²) in [5.41, 5.74) is 2.38. The van der Waals surface area contributed by atoms with Crippen LogP contribution in [0.4, 0.5) is 0 Å². The Morgan fingerprint density at radius 1 is 1.07 bits per heavy atom. The van der Waals surface area contributed by atoms with Crippen molar-refractivity contribution in [3.8, 4) is 16.9 Å². The van der Waals surface area contributed by atoms with Crippen LogP contribution in [-0.4, -0.2) is 10.2 Å². The number of hydrogen-bond donors (Lipinski definition) is 2. The van der Waals surface area contributed by atoms with Gasteiger partial charge in [-0.05, 0) is 23.3 Å². The summed E-state index contributed by atoms with van der Waals surface area (Å²) in [4.78, 5) is 0. The van der Waals surface area contributed by atoms with Gasteiger partial charge in [0.25, 0.3) is 0 Å². The summed E-state index contributed by atoms with van der Waals surface area (Å²) in [7, 11) is 0. The van der Waals surface area contributed by atoms with Crippen LogP contribution >= 0.6 is 0 Å². The minimum Gasteiger partial charge on any atom is -0.507 e. The predicted molar refractivity (Wildman–Crippen MR) is 58.3 cm³/mol. The van der Waals surface area contributed by atoms with Gasteiger partial charge in [-0.1, -0.05) is 36.4 Å². The Labute approximate surface area is 88.4 Å². The van der Waals surface area contributed by atoms with Crippen LogP contribution in [0, 0.1) is 6.07 Å². The Morgan fingerprint density at radius 3 is 2.60 bits per heavy atom. The van der Waals surface area contributed by atoms with E-state index in [1.165, 1.54) is 6.07 Å². The topological polar surface area (TPSA) is 40.5 Å². The highest BCUT2D eigenvalue weighted by molar-refractivity contribution is 5.72. The third-order valence-electron chi connectivity index (χ3n) is 2.32. The van der Waals surface area contributed by atoms with Crippen molar-refractivity contribution in [2.24, 2.45) is 0 Å². The Hall–Kier alpha value is -1.80. The predicted octanol–water partition coefficient (Wildman–Crippen LogP) is 2.35. The molecule has 1 radical (unpaired) electrons. The average Bonchev–Trinajstić information content (AvgIpc) is 2.30. The van der Waals surface area contributed by atoms with Gasteiger partial charge < -0.3 is 10.2 Å². The molecular formula is C13H11O2. The van der Waals surface area contributed by atoms with Gasteiger partial charge in [-0.25, -0.2) is 0 Å². The molecule has 0 fully saturated rings. The maximum absolute atomic E-state index is 9.67. The molecule has 2 rings (SSSR count). The highest BCUT2D eigenvalue weighted by Gasteiger charge is 2.06. The largest absolute Gasteiger partial charge is 0.507 e. The van der Waals surface area contributed by atoms with Crippen molar-refractivity contribution in [3.63, 3.8) is 0 Å². The smallest absolute Gasteiger partial charge is 0.124 e. The molecule has 2 nitrogen and oxygen atoms in total. The monoisotopic (exact) mass is 199 g/mol. The number of benzene rings is 2. The molecule has 2 heteroatoms. The minimum absolute atomic E-state index is 0.0335. The van der Waals surface area contributed by atoms with Crippen LogP contribution < -0.4 is 0 Å². The maximum Gasteiger partial charge on any atom is 0.124 e. The lowest BCUT2D eigenvalue weighted by molar-refractivity contribution is 0.282. The standard InChI is InChI=1S/C13H11O2/c14-9-10-5-1-2-6-11(10)12-7-3-4-8-13(12)15/h1-3,5-8,14-15H,9H2. The Kier molecular flexibility index (Phi) is 2.70. The van der Waals surface area contributed by atoms with Crippen molar-refractivity contribution < 1.29 is 10.2 Å². The van der Waals surface area contributed by atoms with Crippen molar-refractivity contribution in [2.75, 3.05) is 0 Å². The fourth-order valence-electron chi connectivity index (χ4n) is 1.57. The molecule has 0 unspecified atom stereocenters. The first-order chi connectivity index (χ1) is 7.33. The summed E-state index contributed by atoms with van der Waals surface area (Å²) in [6.07, 6.45) is 0. The fourth-order valence-corrected chi connectivity index (χ4v) is 1.57. The number of aromatic hydroxyl groups is 1. The minimum atomic E-state index is -0.0335. The quantitative estimate of drug-likeness (QED) is 0.779. The molecule has 0 aromatic heterocycles. The van der Waals surface area contributed by atoms with Crippen LogP contribution in [0.3, 0.4) is 0 Å². The van der Waals surface area contributed by atoms with Crippen molar-refractivity contribution in [1.82, 2.24) is 0 Å². The van der Waals surface area contributed by atoms with E-state index in [0.717, 1.165) is 16.7 Å². The average molecular weight is 199 g/mol. The number of rotatable bonds is 2. The van der Waals surface area contributed by atoms with Gasteiger partial charge >= 0.3 is 0 Å². The summed E-state index contributed by atoms with van der Waals surface area (Å²) in [5, 5.41) is 18.9. The number of hydrogen-bond acceptors (Lipinski definition) is 2. The highest BCUT2D eigenvalue weighted by Crippen LogP contribution is 2.30. The number of phenols is 1. The van der Waals surface area contributed by atoms with Gasteiger partial charge in [-0.3, -0.25) is 0 Å². The third-order valence-corrected chi connectivity index (χ3v) is 2.32. The molecule has 0 amide bonds. The molecule has 0 heterocycles. The molecule has 0 spiro atoms. The number of aliphatic hydroxyl groups excluding tert-OH is 1. The Morgan fingerprint density at radius 2 is 1.87 bits per heavy atom. The van der Waals surface area contributed by atoms with Crippen molar-refractivity contribution in [1.29, 1.82) is 0 Å². The first-order valence-corrected chi connectivity index (χ1v) is 4.71. The molecule has 0 bridgehead atoms. The van der Waals surface area contributed by atoms with E-state index in [4.69, 9.17) is 0 Å². The first-order valence-electron chi connectivity index (χ1n) is 4.71. The van der Waals surface area contributed by atoms with Crippen LogP contribution in [0.1, 0.15) is 5.56 Å². The third kappa shape index (κ3) is 1.85. The van der Waals surface area contributed by atoms with E-state index in [0.29, 0.717) is 0 Å². The second-order valence-corrected chi connectivity index (χ2v) is 3.26.